The second-order valence-electron chi connectivity index (χ2n) is 26.5. The van der Waals surface area contributed by atoms with E-state index in [0.29, 0.717) is 12.2 Å². The highest BCUT2D eigenvalue weighted by Gasteiger charge is 2.38. The SMILES string of the molecule is CC[C@H](C)[C@H](NC(=O)[C@H](CCCN=C(N)N)NC(=O)CNC(=O)[C@@H](N)CO)C(=O)N[C@@H](CO)C(=O)N[C@@H](CC(C)C)C(=O)N[C@@H](CCCCN)C(=O)N[C@@H](CCC(=O)O)C(=O)N[C@@H](CCCN=C(N)N)C(=O)N[C@@H](CCSC)C(=O)N[C@@H](CC(C)C)C(=O)N[C@@H](CCSC)C(=O)N[C@@H](CCCN=C(N)N)C(=O)O. The van der Waals surface area contributed by atoms with Gasteiger partial charge in [0.25, 0.3) is 0 Å². The lowest BCUT2D eigenvalue weighted by atomic mass is 9.97. The lowest BCUT2D eigenvalue weighted by molar-refractivity contribution is -0.142. The van der Waals surface area contributed by atoms with Gasteiger partial charge in [0.15, 0.2) is 17.9 Å². The number of aliphatic imine (C=N–C) groups is 3. The largest absolute Gasteiger partial charge is 0.481 e. The van der Waals surface area contributed by atoms with E-state index in [1.807, 2.05) is 0 Å². The van der Waals surface area contributed by atoms with Gasteiger partial charge in [-0.1, -0.05) is 48.0 Å². The summed E-state index contributed by atoms with van der Waals surface area (Å²) in [6.07, 6.45) is 2.74. The molecule has 13 atom stereocenters. The maximum Gasteiger partial charge on any atom is 0.326 e. The van der Waals surface area contributed by atoms with Crippen LogP contribution in [0.25, 0.3) is 0 Å². The first-order valence-corrected chi connectivity index (χ1v) is 38.6. The fourth-order valence-electron chi connectivity index (χ4n) is 10.2. The number of nitrogens with two attached hydrogens (primary N) is 8. The van der Waals surface area contributed by atoms with Crippen molar-refractivity contribution in [1.82, 2.24) is 63.8 Å². The van der Waals surface area contributed by atoms with E-state index in [4.69, 9.17) is 45.9 Å². The Bertz CT molecular complexity index is 2980. The molecule has 0 aromatic rings. The Morgan fingerprint density at radius 1 is 0.398 bits per heavy atom. The fourth-order valence-corrected chi connectivity index (χ4v) is 11.2. The summed E-state index contributed by atoms with van der Waals surface area (Å²) < 4.78 is 0. The molecule has 0 saturated heterocycles. The highest BCUT2D eigenvalue weighted by atomic mass is 32.2. The Balaban J connectivity index is 7.22. The van der Waals surface area contributed by atoms with Crippen LogP contribution in [0.15, 0.2) is 15.0 Å². The van der Waals surface area contributed by atoms with Gasteiger partial charge in [-0.05, 0) is 138 Å². The van der Waals surface area contributed by atoms with E-state index in [-0.39, 0.29) is 145 Å². The number of rotatable bonds is 58. The van der Waals surface area contributed by atoms with Crippen molar-refractivity contribution in [3.05, 3.63) is 0 Å². The number of hydrogen-bond acceptors (Lipinski definition) is 23. The van der Waals surface area contributed by atoms with Gasteiger partial charge in [0.1, 0.15) is 72.5 Å². The molecule has 0 saturated carbocycles. The molecule has 32 N–H and O–H groups in total. The minimum atomic E-state index is -1.78. The molecular weight excluding hydrogens is 1450 g/mol. The molecule has 0 aliphatic heterocycles. The molecule has 12 amide bonds. The number of aliphatic hydroxyl groups is 2. The van der Waals surface area contributed by atoms with Gasteiger partial charge in [-0.3, -0.25) is 77.3 Å². The zero-order valence-electron chi connectivity index (χ0n) is 63.1. The van der Waals surface area contributed by atoms with Crippen LogP contribution in [0.1, 0.15) is 144 Å². The number of aliphatic carboxylic acids is 2. The maximum absolute atomic E-state index is 14.6. The fraction of sp³-hybridized carbons (Fsp3) is 0.738. The molecule has 0 aromatic heterocycles. The Labute approximate surface area is 638 Å². The summed E-state index contributed by atoms with van der Waals surface area (Å²) in [4.78, 5) is 204. The third-order valence-corrected chi connectivity index (χ3v) is 17.6. The van der Waals surface area contributed by atoms with Gasteiger partial charge in [0, 0.05) is 26.1 Å². The van der Waals surface area contributed by atoms with Crippen LogP contribution in [0.2, 0.25) is 0 Å². The Morgan fingerprint density at radius 3 is 1.08 bits per heavy atom. The molecule has 0 radical (unpaired) electrons. The number of nitrogens with one attached hydrogen (secondary N) is 12. The van der Waals surface area contributed by atoms with Crippen LogP contribution in [0.4, 0.5) is 0 Å². The predicted octanol–water partition coefficient (Wildman–Crippen LogP) is -7.37. The third kappa shape index (κ3) is 42.5. The molecule has 41 nitrogen and oxygen atoms in total. The Kier molecular flexibility index (Phi) is 50.7. The van der Waals surface area contributed by atoms with Crippen LogP contribution < -0.4 is 110 Å². The van der Waals surface area contributed by atoms with Gasteiger partial charge >= 0.3 is 11.9 Å². The summed E-state index contributed by atoms with van der Waals surface area (Å²) in [5, 5.41) is 69.9. The summed E-state index contributed by atoms with van der Waals surface area (Å²) in [7, 11) is 0. The number of aliphatic hydroxyl groups excluding tert-OH is 2. The van der Waals surface area contributed by atoms with Crippen molar-refractivity contribution in [3.8, 4) is 0 Å². The highest BCUT2D eigenvalue weighted by Crippen LogP contribution is 2.15. The first-order valence-electron chi connectivity index (χ1n) is 35.8. The molecule has 0 fully saturated rings. The van der Waals surface area contributed by atoms with Crippen molar-refractivity contribution in [2.75, 3.05) is 70.0 Å². The Hall–Kier alpha value is -9.07. The number of carboxylic acids is 2. The van der Waals surface area contributed by atoms with Gasteiger partial charge in [0.2, 0.25) is 70.9 Å². The average molecular weight is 1580 g/mol. The standard InChI is InChI=1S/C65H121N23O18S2/c1-9-36(6)50(88-57(100)38(16-12-24-74-63(68)69)78-48(91)31-77-51(94)37(67)32-89)61(104)87-47(33-90)60(103)86-46(30-35(4)5)58(101)80-39(15-10-11-23-66)52(95)81-41(19-20-49(92)93)54(97)79-40(17-13-25-75-64(70)71)53(96)82-43(22-28-108-8)56(99)85-45(29-34(2)3)59(102)83-42(21-27-107-7)55(98)84-44(62(105)106)18-14-26-76-65(72)73/h34-47,50,89-90H,9-33,66-67H2,1-8H3,(H,77,94)(H,78,91)(H,79,97)(H,80,101)(H,81,95)(H,82,96)(H,83,102)(H,84,98)(H,85,99)(H,86,103)(H,87,104)(H,88,100)(H,92,93)(H,105,106)(H4,68,69,74)(H4,70,71,75)(H4,72,73,76)/t36-,37-,38-,39-,40-,41-,42-,43-,44-,45-,46-,47-,50-/m0/s1. The molecule has 0 spiro atoms. The van der Waals surface area contributed by atoms with Crippen LogP contribution in [0.3, 0.4) is 0 Å². The van der Waals surface area contributed by atoms with Gasteiger partial charge in [-0.25, -0.2) is 4.79 Å². The quantitative estimate of drug-likeness (QED) is 0.0153. The molecular formula is C65H121N23O18S2. The van der Waals surface area contributed by atoms with Crippen molar-refractivity contribution < 1.29 is 87.5 Å². The number of nitrogens with zero attached hydrogens (tertiary/aromatic N) is 3. The number of carboxylic acid groups (broad SMARTS) is 2. The highest BCUT2D eigenvalue weighted by molar-refractivity contribution is 7.98. The lowest BCUT2D eigenvalue weighted by Crippen LogP contribution is -2.61. The molecule has 108 heavy (non-hydrogen) atoms. The summed E-state index contributed by atoms with van der Waals surface area (Å²) in [5.41, 5.74) is 44.1. The van der Waals surface area contributed by atoms with Crippen LogP contribution in [-0.2, 0) is 67.1 Å². The van der Waals surface area contributed by atoms with Crippen molar-refractivity contribution >= 4 is 124 Å². The zero-order chi connectivity index (χ0) is 82.2. The van der Waals surface area contributed by atoms with Crippen molar-refractivity contribution in [2.24, 2.45) is 78.6 Å². The summed E-state index contributed by atoms with van der Waals surface area (Å²) in [6.45, 7) is 7.99. The van der Waals surface area contributed by atoms with Crippen molar-refractivity contribution in [2.45, 2.75) is 217 Å². The summed E-state index contributed by atoms with van der Waals surface area (Å²) >= 11 is 2.66. The first kappa shape index (κ1) is 98.9. The monoisotopic (exact) mass is 1580 g/mol. The second-order valence-corrected chi connectivity index (χ2v) is 28.4. The van der Waals surface area contributed by atoms with Gasteiger partial charge in [-0.15, -0.1) is 0 Å². The maximum atomic E-state index is 14.6. The first-order chi connectivity index (χ1) is 50.9. The average Bonchev–Trinajstić information content (AvgIpc) is 0.859. The predicted molar refractivity (Wildman–Crippen MR) is 408 cm³/mol. The van der Waals surface area contributed by atoms with Crippen LogP contribution in [0, 0.1) is 17.8 Å². The van der Waals surface area contributed by atoms with Crippen molar-refractivity contribution in [3.63, 3.8) is 0 Å². The van der Waals surface area contributed by atoms with Crippen molar-refractivity contribution in [1.29, 1.82) is 0 Å². The number of amides is 12. The summed E-state index contributed by atoms with van der Waals surface area (Å²) in [6, 6.07) is -17.6. The van der Waals surface area contributed by atoms with Gasteiger partial charge in [-0.2, -0.15) is 23.5 Å². The molecule has 616 valence electrons. The van der Waals surface area contributed by atoms with E-state index in [9.17, 15) is 87.5 Å². The van der Waals surface area contributed by atoms with E-state index in [1.54, 1.807) is 54.1 Å². The molecule has 0 aliphatic carbocycles. The van der Waals surface area contributed by atoms with E-state index in [0.717, 1.165) is 0 Å². The summed E-state index contributed by atoms with van der Waals surface area (Å²) in [5.74, 6) is -15.3. The topological polar surface area (TPSA) is 709 Å². The van der Waals surface area contributed by atoms with Crippen LogP contribution >= 0.6 is 23.5 Å². The van der Waals surface area contributed by atoms with E-state index < -0.39 is 194 Å². The minimum absolute atomic E-state index is 0.0195. The Morgan fingerprint density at radius 2 is 0.731 bits per heavy atom. The molecule has 0 aliphatic rings. The molecule has 0 rings (SSSR count). The van der Waals surface area contributed by atoms with E-state index >= 15 is 0 Å². The second kappa shape index (κ2) is 55.4. The smallest absolute Gasteiger partial charge is 0.326 e. The normalized spacial score (nSPS) is 14.7. The molecule has 0 aromatic carbocycles. The lowest BCUT2D eigenvalue weighted by Gasteiger charge is -2.29. The van der Waals surface area contributed by atoms with Gasteiger partial charge in [0.05, 0.1) is 19.8 Å². The number of guanidine groups is 3. The van der Waals surface area contributed by atoms with Gasteiger partial charge < -0.3 is 130 Å². The minimum Gasteiger partial charge on any atom is -0.481 e. The van der Waals surface area contributed by atoms with E-state index in [1.165, 1.54) is 23.5 Å². The molecule has 0 heterocycles. The molecule has 0 bridgehead atoms. The number of unbranched alkanes of at least 4 members (excludes halogenated alkanes) is 1. The number of hydrogen-bond donors (Lipinski definition) is 24. The van der Waals surface area contributed by atoms with Crippen LogP contribution in [0.5, 0.6) is 0 Å². The zero-order valence-corrected chi connectivity index (χ0v) is 64.8. The molecule has 0 unspecified atom stereocenters. The molecule has 43 heteroatoms. The van der Waals surface area contributed by atoms with E-state index in [2.05, 4.69) is 78.8 Å². The number of carbonyl (C=O) groups excluding carboxylic acids is 12. The number of thioether (sulfide) groups is 2. The third-order valence-electron chi connectivity index (χ3n) is 16.3. The van der Waals surface area contributed by atoms with Crippen LogP contribution in [-0.4, -0.2) is 264 Å². The number of carbonyl (C=O) groups is 14.